The summed E-state index contributed by atoms with van der Waals surface area (Å²) >= 11 is 3.42. The predicted molar refractivity (Wildman–Crippen MR) is 77.4 cm³/mol. The highest BCUT2D eigenvalue weighted by atomic mass is 79.9. The molecule has 4 nitrogen and oxygen atoms in total. The van der Waals surface area contributed by atoms with E-state index in [0.717, 1.165) is 16.3 Å². The average molecular weight is 346 g/mol. The molecule has 1 aliphatic carbocycles. The molecule has 0 heterocycles. The molecular formula is C13H16BrNO3S. The fourth-order valence-corrected chi connectivity index (χ4v) is 3.89. The van der Waals surface area contributed by atoms with Gasteiger partial charge in [-0.25, -0.2) is 8.42 Å². The van der Waals surface area contributed by atoms with Crippen molar-refractivity contribution >= 4 is 31.7 Å². The van der Waals surface area contributed by atoms with Gasteiger partial charge in [0.05, 0.1) is 0 Å². The van der Waals surface area contributed by atoms with E-state index in [-0.39, 0.29) is 5.91 Å². The molecule has 0 saturated heterocycles. The standard InChI is InChI=1S/C13H16BrNO3S/c1-15(9-10-5-3-4-6-11(10)14)12(16)13(7-8-13)19(2,17)18/h3-6H,7-9H2,1-2H3. The van der Waals surface area contributed by atoms with Gasteiger partial charge in [-0.3, -0.25) is 4.79 Å². The lowest BCUT2D eigenvalue weighted by Crippen LogP contribution is -2.42. The summed E-state index contributed by atoms with van der Waals surface area (Å²) in [4.78, 5) is 13.8. The van der Waals surface area contributed by atoms with Crippen molar-refractivity contribution in [2.45, 2.75) is 24.1 Å². The number of hydrogen-bond acceptors (Lipinski definition) is 3. The van der Waals surface area contributed by atoms with Crippen LogP contribution in [-0.2, 0) is 21.2 Å². The third-order valence-corrected chi connectivity index (χ3v) is 6.29. The molecule has 1 aromatic rings. The van der Waals surface area contributed by atoms with Gasteiger partial charge in [0, 0.05) is 24.3 Å². The molecule has 1 saturated carbocycles. The van der Waals surface area contributed by atoms with Crippen LogP contribution in [0.25, 0.3) is 0 Å². The van der Waals surface area contributed by atoms with Crippen molar-refractivity contribution in [2.24, 2.45) is 0 Å². The minimum atomic E-state index is -3.34. The molecular weight excluding hydrogens is 330 g/mol. The monoisotopic (exact) mass is 345 g/mol. The minimum Gasteiger partial charge on any atom is -0.340 e. The second-order valence-electron chi connectivity index (χ2n) is 5.02. The summed E-state index contributed by atoms with van der Waals surface area (Å²) in [6, 6.07) is 7.60. The number of sulfone groups is 1. The molecule has 0 spiro atoms. The van der Waals surface area contributed by atoms with Gasteiger partial charge in [0.15, 0.2) is 14.6 Å². The molecule has 1 aliphatic rings. The van der Waals surface area contributed by atoms with Crippen molar-refractivity contribution in [1.82, 2.24) is 4.90 Å². The van der Waals surface area contributed by atoms with E-state index in [1.165, 1.54) is 4.90 Å². The molecule has 1 aromatic carbocycles. The fourth-order valence-electron chi connectivity index (χ4n) is 2.16. The van der Waals surface area contributed by atoms with Crippen LogP contribution in [0.3, 0.4) is 0 Å². The number of halogens is 1. The van der Waals surface area contributed by atoms with Crippen molar-refractivity contribution in [3.8, 4) is 0 Å². The Kier molecular flexibility index (Phi) is 3.75. The second kappa shape index (κ2) is 4.90. The lowest BCUT2D eigenvalue weighted by molar-refractivity contribution is -0.130. The normalized spacial score (nSPS) is 17.0. The Labute approximate surface area is 121 Å². The van der Waals surface area contributed by atoms with Gasteiger partial charge in [-0.05, 0) is 24.5 Å². The lowest BCUT2D eigenvalue weighted by Gasteiger charge is -2.23. The summed E-state index contributed by atoms with van der Waals surface area (Å²) in [5.74, 6) is -0.300. The summed E-state index contributed by atoms with van der Waals surface area (Å²) in [7, 11) is -1.69. The summed E-state index contributed by atoms with van der Waals surface area (Å²) in [5, 5.41) is 0. The number of carbonyl (C=O) groups is 1. The van der Waals surface area contributed by atoms with Crippen molar-refractivity contribution in [2.75, 3.05) is 13.3 Å². The van der Waals surface area contributed by atoms with E-state index in [9.17, 15) is 13.2 Å². The van der Waals surface area contributed by atoms with Gasteiger partial charge in [0.2, 0.25) is 5.91 Å². The van der Waals surface area contributed by atoms with Crippen LogP contribution in [0.5, 0.6) is 0 Å². The summed E-state index contributed by atoms with van der Waals surface area (Å²) in [6.45, 7) is 0.400. The Morgan fingerprint density at radius 2 is 1.95 bits per heavy atom. The van der Waals surface area contributed by atoms with Crippen LogP contribution in [0.2, 0.25) is 0 Å². The first-order valence-electron chi connectivity index (χ1n) is 5.96. The highest BCUT2D eigenvalue weighted by Gasteiger charge is 2.59. The first-order chi connectivity index (χ1) is 8.78. The smallest absolute Gasteiger partial charge is 0.244 e. The summed E-state index contributed by atoms with van der Waals surface area (Å²) < 4.78 is 23.2. The molecule has 6 heteroatoms. The Hall–Kier alpha value is -0.880. The molecule has 0 atom stereocenters. The molecule has 0 bridgehead atoms. The SMILES string of the molecule is CN(Cc1ccccc1Br)C(=O)C1(S(C)(=O)=O)CC1. The van der Waals surface area contributed by atoms with Gasteiger partial charge in [0.1, 0.15) is 0 Å². The van der Waals surface area contributed by atoms with Crippen LogP contribution >= 0.6 is 15.9 Å². The summed E-state index contributed by atoms with van der Waals surface area (Å²) in [6.07, 6.45) is 2.01. The van der Waals surface area contributed by atoms with Gasteiger partial charge in [-0.15, -0.1) is 0 Å². The summed E-state index contributed by atoms with van der Waals surface area (Å²) in [5.41, 5.74) is 0.961. The number of nitrogens with zero attached hydrogens (tertiary/aromatic N) is 1. The van der Waals surface area contributed by atoms with Crippen molar-refractivity contribution in [1.29, 1.82) is 0 Å². The van der Waals surface area contributed by atoms with E-state index in [1.54, 1.807) is 7.05 Å². The maximum atomic E-state index is 12.3. The Bertz CT molecular complexity index is 608. The zero-order valence-corrected chi connectivity index (χ0v) is 13.3. The molecule has 1 amide bonds. The number of rotatable bonds is 4. The Morgan fingerprint density at radius 1 is 1.37 bits per heavy atom. The van der Waals surface area contributed by atoms with Gasteiger partial charge in [-0.1, -0.05) is 34.1 Å². The highest BCUT2D eigenvalue weighted by Crippen LogP contribution is 2.44. The van der Waals surface area contributed by atoms with Crippen molar-refractivity contribution < 1.29 is 13.2 Å². The van der Waals surface area contributed by atoms with E-state index in [4.69, 9.17) is 0 Å². The third-order valence-electron chi connectivity index (χ3n) is 3.52. The maximum absolute atomic E-state index is 12.3. The molecule has 2 rings (SSSR count). The van der Waals surface area contributed by atoms with E-state index in [0.29, 0.717) is 19.4 Å². The van der Waals surface area contributed by atoms with Crippen molar-refractivity contribution in [3.63, 3.8) is 0 Å². The first kappa shape index (κ1) is 14.5. The molecule has 0 radical (unpaired) electrons. The van der Waals surface area contributed by atoms with Crippen LogP contribution < -0.4 is 0 Å². The quantitative estimate of drug-likeness (QED) is 0.838. The Balaban J connectivity index is 2.16. The van der Waals surface area contributed by atoms with Gasteiger partial charge < -0.3 is 4.90 Å². The third kappa shape index (κ3) is 2.69. The zero-order valence-electron chi connectivity index (χ0n) is 10.9. The lowest BCUT2D eigenvalue weighted by atomic mass is 10.2. The second-order valence-corrected chi connectivity index (χ2v) is 8.20. The number of benzene rings is 1. The van der Waals surface area contributed by atoms with E-state index >= 15 is 0 Å². The van der Waals surface area contributed by atoms with E-state index < -0.39 is 14.6 Å². The molecule has 0 aliphatic heterocycles. The van der Waals surface area contributed by atoms with Gasteiger partial charge in [0.25, 0.3) is 0 Å². The van der Waals surface area contributed by atoms with Crippen LogP contribution in [0.15, 0.2) is 28.7 Å². The molecule has 104 valence electrons. The molecule has 0 unspecified atom stereocenters. The largest absolute Gasteiger partial charge is 0.340 e. The van der Waals surface area contributed by atoms with E-state index in [2.05, 4.69) is 15.9 Å². The van der Waals surface area contributed by atoms with Gasteiger partial charge >= 0.3 is 0 Å². The average Bonchev–Trinajstić information content (AvgIpc) is 3.11. The van der Waals surface area contributed by atoms with Gasteiger partial charge in [-0.2, -0.15) is 0 Å². The van der Waals surface area contributed by atoms with E-state index in [1.807, 2.05) is 24.3 Å². The predicted octanol–water partition coefficient (Wildman–Crippen LogP) is 1.98. The molecule has 19 heavy (non-hydrogen) atoms. The molecule has 0 N–H and O–H groups in total. The van der Waals surface area contributed by atoms with Crippen LogP contribution in [0.4, 0.5) is 0 Å². The number of carbonyl (C=O) groups excluding carboxylic acids is 1. The first-order valence-corrected chi connectivity index (χ1v) is 8.65. The molecule has 0 aromatic heterocycles. The Morgan fingerprint density at radius 3 is 2.42 bits per heavy atom. The van der Waals surface area contributed by atoms with Crippen LogP contribution in [-0.4, -0.2) is 37.3 Å². The zero-order chi connectivity index (χ0) is 14.3. The fraction of sp³-hybridized carbons (Fsp3) is 0.462. The highest BCUT2D eigenvalue weighted by molar-refractivity contribution is 9.10. The van der Waals surface area contributed by atoms with Crippen molar-refractivity contribution in [3.05, 3.63) is 34.3 Å². The topological polar surface area (TPSA) is 54.5 Å². The number of hydrogen-bond donors (Lipinski definition) is 0. The van der Waals surface area contributed by atoms with Crippen LogP contribution in [0, 0.1) is 0 Å². The molecule has 1 fully saturated rings. The number of amides is 1. The van der Waals surface area contributed by atoms with Crippen LogP contribution in [0.1, 0.15) is 18.4 Å². The minimum absolute atomic E-state index is 0.300. The maximum Gasteiger partial charge on any atom is 0.244 e.